The molecule has 84 heavy (non-hydrogen) atoms. The van der Waals surface area contributed by atoms with Gasteiger partial charge in [0, 0.05) is 113 Å². The minimum absolute atomic E-state index is 0.113. The molecule has 0 spiro atoms. The predicted octanol–water partition coefficient (Wildman–Crippen LogP) is 16.6. The van der Waals surface area contributed by atoms with E-state index in [2.05, 4.69) is 118 Å². The van der Waals surface area contributed by atoms with Crippen LogP contribution in [0, 0.1) is 0 Å². The molecule has 4 heterocycles. The molecule has 4 aromatic carbocycles. The first-order valence-corrected chi connectivity index (χ1v) is 32.7. The maximum atomic E-state index is 11.6. The van der Waals surface area contributed by atoms with Gasteiger partial charge in [0.15, 0.2) is 0 Å². The average Bonchev–Trinajstić information content (AvgIpc) is 4.56. The van der Waals surface area contributed by atoms with E-state index in [9.17, 15) is 19.2 Å². The van der Waals surface area contributed by atoms with Crippen molar-refractivity contribution in [1.29, 1.82) is 0 Å². The quantitative estimate of drug-likeness (QED) is 0.0912. The van der Waals surface area contributed by atoms with E-state index in [4.69, 9.17) is 46.4 Å². The molecule has 4 aliphatic rings. The molecule has 432 valence electrons. The van der Waals surface area contributed by atoms with Crippen LogP contribution in [-0.4, -0.2) is 47.8 Å². The van der Waals surface area contributed by atoms with Crippen LogP contribution in [-0.2, 0) is 44.9 Å². The minimum atomic E-state index is -0.113. The van der Waals surface area contributed by atoms with Gasteiger partial charge in [0.05, 0.1) is 0 Å². The SMILES string of the molecule is C=CC(=O)N[C@@H]1Cc2sccc2[C@@H](c2ccccc2Cl)C1.C=CC(=O)N[C@@H]1Cc2sccc2[C@H](c2ccccc2Cl)C1.C=CC(=O)N[C@H]1Cc2sccc2[C@@H](c2ccccc2Cl)C1.C=CC(=O)N[C@H]1Cc2sccc2[C@H](c2ccccc2Cl)C1. The third-order valence-electron chi connectivity index (χ3n) is 15.7. The Morgan fingerprint density at radius 3 is 0.726 bits per heavy atom. The maximum Gasteiger partial charge on any atom is 0.243 e. The van der Waals surface area contributed by atoms with Crippen molar-refractivity contribution in [1.82, 2.24) is 21.3 Å². The van der Waals surface area contributed by atoms with Crippen LogP contribution in [0.25, 0.3) is 0 Å². The summed E-state index contributed by atoms with van der Waals surface area (Å²) in [6.45, 7) is 14.1. The fourth-order valence-electron chi connectivity index (χ4n) is 11.9. The summed E-state index contributed by atoms with van der Waals surface area (Å²) in [7, 11) is 0. The van der Waals surface area contributed by atoms with Crippen LogP contribution in [0.1, 0.15) is 113 Å². The third kappa shape index (κ3) is 15.4. The zero-order valence-electron chi connectivity index (χ0n) is 46.0. The summed E-state index contributed by atoms with van der Waals surface area (Å²) in [4.78, 5) is 51.7. The van der Waals surface area contributed by atoms with E-state index in [1.807, 2.05) is 72.8 Å². The van der Waals surface area contributed by atoms with Gasteiger partial charge in [0.1, 0.15) is 0 Å². The molecule has 4 amide bonds. The Morgan fingerprint density at radius 1 is 0.333 bits per heavy atom. The van der Waals surface area contributed by atoms with Crippen molar-refractivity contribution in [2.45, 2.75) is 99.2 Å². The molecular weight excluding hydrogens is 1210 g/mol. The van der Waals surface area contributed by atoms with Crippen molar-refractivity contribution in [2.75, 3.05) is 0 Å². The number of carbonyl (C=O) groups excluding carboxylic acids is 4. The molecule has 8 aromatic rings. The maximum absolute atomic E-state index is 11.6. The second-order valence-electron chi connectivity index (χ2n) is 20.9. The van der Waals surface area contributed by atoms with Gasteiger partial charge >= 0.3 is 0 Å². The van der Waals surface area contributed by atoms with Crippen LogP contribution in [0.2, 0.25) is 20.1 Å². The van der Waals surface area contributed by atoms with Gasteiger partial charge < -0.3 is 21.3 Å². The second kappa shape index (κ2) is 29.7. The van der Waals surface area contributed by atoms with Crippen LogP contribution < -0.4 is 21.3 Å². The Labute approximate surface area is 528 Å². The predicted molar refractivity (Wildman–Crippen MR) is 352 cm³/mol. The number of nitrogens with one attached hydrogen (secondary N) is 4. The van der Waals surface area contributed by atoms with Crippen molar-refractivity contribution in [3.05, 3.63) is 278 Å². The molecule has 8 atom stereocenters. The first-order chi connectivity index (χ1) is 40.7. The van der Waals surface area contributed by atoms with Gasteiger partial charge in [0.25, 0.3) is 0 Å². The smallest absolute Gasteiger partial charge is 0.243 e. The lowest BCUT2D eigenvalue weighted by Gasteiger charge is -2.30. The lowest BCUT2D eigenvalue weighted by atomic mass is 9.80. The standard InChI is InChI=1S/4C17H16ClNOS/c4*1-2-17(20)19-11-9-14(12-5-3-4-6-15(12)18)13-7-8-21-16(13)10-11/h4*2-8,11,14H,1,9-10H2,(H,19,20)/t2*11-,14+;2*11-,14-/m1010/s1. The highest BCUT2D eigenvalue weighted by molar-refractivity contribution is 7.11. The Hall–Kier alpha value is -6.32. The van der Waals surface area contributed by atoms with Crippen LogP contribution in [0.4, 0.5) is 0 Å². The zero-order valence-corrected chi connectivity index (χ0v) is 52.3. The van der Waals surface area contributed by atoms with E-state index in [1.54, 1.807) is 45.3 Å². The number of rotatable bonds is 12. The number of hydrogen-bond donors (Lipinski definition) is 4. The number of fused-ring (bicyclic) bond motifs is 4. The van der Waals surface area contributed by atoms with E-state index in [0.717, 1.165) is 93.7 Å². The number of benzene rings is 4. The van der Waals surface area contributed by atoms with Gasteiger partial charge in [-0.05, 0) is 165 Å². The summed E-state index contributed by atoms with van der Waals surface area (Å²) in [5.41, 5.74) is 9.92. The highest BCUT2D eigenvalue weighted by Crippen LogP contribution is 2.45. The number of thiophene rings is 4. The molecule has 16 heteroatoms. The van der Waals surface area contributed by atoms with Crippen molar-refractivity contribution in [3.8, 4) is 0 Å². The van der Waals surface area contributed by atoms with Crippen molar-refractivity contribution in [3.63, 3.8) is 0 Å². The Bertz CT molecular complexity index is 3190. The van der Waals surface area contributed by atoms with Crippen LogP contribution in [0.15, 0.2) is 193 Å². The molecule has 0 unspecified atom stereocenters. The topological polar surface area (TPSA) is 116 Å². The highest BCUT2D eigenvalue weighted by atomic mass is 35.5. The largest absolute Gasteiger partial charge is 0.349 e. The number of hydrogen-bond acceptors (Lipinski definition) is 8. The molecule has 0 aliphatic heterocycles. The fraction of sp³-hybridized carbons (Fsp3) is 0.235. The van der Waals surface area contributed by atoms with E-state index >= 15 is 0 Å². The number of carbonyl (C=O) groups is 4. The highest BCUT2D eigenvalue weighted by Gasteiger charge is 2.34. The molecule has 0 saturated carbocycles. The lowest BCUT2D eigenvalue weighted by Crippen LogP contribution is -2.38. The summed E-state index contributed by atoms with van der Waals surface area (Å²) < 4.78 is 0. The summed E-state index contributed by atoms with van der Waals surface area (Å²) >= 11 is 32.5. The Kier molecular flexibility index (Phi) is 22.0. The Morgan fingerprint density at radius 2 is 0.536 bits per heavy atom. The van der Waals surface area contributed by atoms with E-state index in [0.29, 0.717) is 0 Å². The normalized spacial score (nSPS) is 20.6. The van der Waals surface area contributed by atoms with Gasteiger partial charge in [-0.15, -0.1) is 45.3 Å². The molecule has 4 aromatic heterocycles. The number of amides is 4. The molecular formula is C68H64Cl4N4O4S4. The molecule has 0 saturated heterocycles. The summed E-state index contributed by atoms with van der Waals surface area (Å²) in [5, 5.41) is 23.7. The zero-order chi connectivity index (χ0) is 59.3. The van der Waals surface area contributed by atoms with Gasteiger partial charge in [-0.2, -0.15) is 0 Å². The summed E-state index contributed by atoms with van der Waals surface area (Å²) in [5.74, 6) is 0.506. The molecule has 4 N–H and O–H groups in total. The van der Waals surface area contributed by atoms with Crippen LogP contribution >= 0.6 is 91.8 Å². The minimum Gasteiger partial charge on any atom is -0.349 e. The van der Waals surface area contributed by atoms with Gasteiger partial charge in [-0.1, -0.05) is 146 Å². The van der Waals surface area contributed by atoms with Crippen LogP contribution in [0.3, 0.4) is 0 Å². The lowest BCUT2D eigenvalue weighted by molar-refractivity contribution is -0.118. The van der Waals surface area contributed by atoms with E-state index in [1.165, 1.54) is 66.1 Å². The summed E-state index contributed by atoms with van der Waals surface area (Å²) in [6.07, 6.45) is 12.3. The number of halogens is 4. The Balaban J connectivity index is 0.000000134. The summed E-state index contributed by atoms with van der Waals surface area (Å²) in [6, 6.07) is 41.1. The molecule has 0 fully saturated rings. The van der Waals surface area contributed by atoms with Crippen molar-refractivity contribution >= 4 is 115 Å². The molecule has 8 nitrogen and oxygen atoms in total. The monoisotopic (exact) mass is 1270 g/mol. The first-order valence-electron chi connectivity index (χ1n) is 27.7. The third-order valence-corrected chi connectivity index (χ3v) is 20.9. The van der Waals surface area contributed by atoms with Crippen molar-refractivity contribution in [2.24, 2.45) is 0 Å². The molecule has 12 rings (SSSR count). The van der Waals surface area contributed by atoms with E-state index in [-0.39, 0.29) is 71.5 Å². The van der Waals surface area contributed by atoms with Crippen molar-refractivity contribution < 1.29 is 19.2 Å². The average molecular weight is 1270 g/mol. The molecule has 4 aliphatic carbocycles. The van der Waals surface area contributed by atoms with Gasteiger partial charge in [-0.3, -0.25) is 19.2 Å². The molecule has 0 radical (unpaired) electrons. The second-order valence-corrected chi connectivity index (χ2v) is 26.5. The fourth-order valence-corrected chi connectivity index (χ4v) is 17.0. The first kappa shape index (κ1) is 62.2. The van der Waals surface area contributed by atoms with Gasteiger partial charge in [0.2, 0.25) is 23.6 Å². The van der Waals surface area contributed by atoms with Gasteiger partial charge in [-0.25, -0.2) is 0 Å². The van der Waals surface area contributed by atoms with Crippen LogP contribution in [0.5, 0.6) is 0 Å². The van der Waals surface area contributed by atoms with E-state index < -0.39 is 0 Å². The molecule has 0 bridgehead atoms.